The van der Waals surface area contributed by atoms with Crippen molar-refractivity contribution >= 4 is 11.8 Å². The lowest BCUT2D eigenvalue weighted by Gasteiger charge is -2.29. The van der Waals surface area contributed by atoms with Crippen molar-refractivity contribution in [3.8, 4) is 0 Å². The number of benzene rings is 1. The molecule has 0 saturated heterocycles. The van der Waals surface area contributed by atoms with E-state index in [4.69, 9.17) is 0 Å². The van der Waals surface area contributed by atoms with Crippen LogP contribution in [0.4, 0.5) is 22.0 Å². The van der Waals surface area contributed by atoms with Gasteiger partial charge in [-0.3, -0.25) is 9.59 Å². The predicted octanol–water partition coefficient (Wildman–Crippen LogP) is 3.68. The van der Waals surface area contributed by atoms with Crippen molar-refractivity contribution in [1.82, 2.24) is 10.2 Å². The maximum atomic E-state index is 13.2. The van der Waals surface area contributed by atoms with Crippen molar-refractivity contribution in [1.29, 1.82) is 0 Å². The molecule has 1 aromatic rings. The molecule has 0 atom stereocenters. The van der Waals surface area contributed by atoms with Crippen LogP contribution in [0.3, 0.4) is 0 Å². The summed E-state index contributed by atoms with van der Waals surface area (Å²) in [5, 5.41) is 12.5. The first-order valence-corrected chi connectivity index (χ1v) is 9.51. The lowest BCUT2D eigenvalue weighted by Crippen LogP contribution is -2.48. The van der Waals surface area contributed by atoms with Gasteiger partial charge in [0.25, 0.3) is 11.8 Å². The van der Waals surface area contributed by atoms with Crippen LogP contribution in [-0.4, -0.2) is 53.1 Å². The number of alkyl halides is 5. The molecular weight excluding hydrogens is 411 g/mol. The summed E-state index contributed by atoms with van der Waals surface area (Å²) >= 11 is 0. The van der Waals surface area contributed by atoms with E-state index in [1.165, 1.54) is 5.56 Å². The molecule has 0 aromatic heterocycles. The van der Waals surface area contributed by atoms with Gasteiger partial charge in [-0.05, 0) is 37.2 Å². The van der Waals surface area contributed by atoms with Gasteiger partial charge in [0.1, 0.15) is 0 Å². The zero-order valence-corrected chi connectivity index (χ0v) is 15.9. The molecule has 1 saturated carbocycles. The second kappa shape index (κ2) is 8.23. The molecule has 10 heteroatoms. The molecule has 1 aliphatic carbocycles. The lowest BCUT2D eigenvalue weighted by atomic mass is 9.82. The van der Waals surface area contributed by atoms with Gasteiger partial charge in [-0.2, -0.15) is 22.0 Å². The third-order valence-corrected chi connectivity index (χ3v) is 5.54. The molecule has 1 aromatic carbocycles. The molecule has 2 aliphatic rings. The van der Waals surface area contributed by atoms with Crippen LogP contribution >= 0.6 is 0 Å². The van der Waals surface area contributed by atoms with Crippen molar-refractivity contribution in [2.75, 3.05) is 13.1 Å². The van der Waals surface area contributed by atoms with E-state index in [1.54, 1.807) is 0 Å². The quantitative estimate of drug-likeness (QED) is 0.698. The SMILES string of the molecule is O=C(NC1CCC(c2ccccc2)CC1)C1=C(O)C(=O)N(CC(F)(F)C(F)(F)F)C1. The standard InChI is InChI=1S/C20H21F5N2O3/c21-19(22,20(23,24)25)11-27-10-15(16(28)18(27)30)17(29)26-14-8-6-13(7-9-14)12-4-2-1-3-5-12/h1-5,13-14,28H,6-11H2,(H,26,29). The van der Waals surface area contributed by atoms with E-state index in [0.717, 1.165) is 12.8 Å². The smallest absolute Gasteiger partial charge is 0.455 e. The zero-order chi connectivity index (χ0) is 22.1. The van der Waals surface area contributed by atoms with Crippen LogP contribution in [0.2, 0.25) is 0 Å². The summed E-state index contributed by atoms with van der Waals surface area (Å²) in [6.45, 7) is -2.76. The Hall–Kier alpha value is -2.65. The number of halogens is 5. The second-order valence-electron chi connectivity index (χ2n) is 7.62. The fourth-order valence-corrected chi connectivity index (χ4v) is 3.82. The molecule has 0 bridgehead atoms. The van der Waals surface area contributed by atoms with Crippen molar-refractivity contribution in [2.45, 2.75) is 49.7 Å². The highest BCUT2D eigenvalue weighted by Crippen LogP contribution is 2.37. The van der Waals surface area contributed by atoms with E-state index >= 15 is 0 Å². The molecule has 30 heavy (non-hydrogen) atoms. The third kappa shape index (κ3) is 4.57. The number of aliphatic hydroxyl groups is 1. The minimum atomic E-state index is -5.84. The summed E-state index contributed by atoms with van der Waals surface area (Å²) < 4.78 is 63.6. The summed E-state index contributed by atoms with van der Waals surface area (Å²) in [5.41, 5.74) is 0.702. The van der Waals surface area contributed by atoms with Gasteiger partial charge in [0.15, 0.2) is 5.76 Å². The van der Waals surface area contributed by atoms with Crippen molar-refractivity contribution < 1.29 is 36.6 Å². The summed E-state index contributed by atoms with van der Waals surface area (Å²) in [4.78, 5) is 24.4. The molecule has 0 spiro atoms. The Morgan fingerprint density at radius 2 is 1.67 bits per heavy atom. The van der Waals surface area contributed by atoms with Gasteiger partial charge in [0, 0.05) is 6.04 Å². The Bertz CT molecular complexity index is 831. The molecule has 2 N–H and O–H groups in total. The average molecular weight is 432 g/mol. The maximum Gasteiger partial charge on any atom is 0.455 e. The van der Waals surface area contributed by atoms with Gasteiger partial charge in [-0.25, -0.2) is 0 Å². The van der Waals surface area contributed by atoms with Gasteiger partial charge in [-0.1, -0.05) is 30.3 Å². The van der Waals surface area contributed by atoms with E-state index < -0.39 is 48.3 Å². The number of nitrogens with one attached hydrogen (secondary N) is 1. The first-order chi connectivity index (χ1) is 14.0. The van der Waals surface area contributed by atoms with Crippen LogP contribution in [0.15, 0.2) is 41.7 Å². The minimum absolute atomic E-state index is 0.129. The van der Waals surface area contributed by atoms with E-state index in [9.17, 15) is 36.6 Å². The monoisotopic (exact) mass is 432 g/mol. The molecule has 0 radical (unpaired) electrons. The highest BCUT2D eigenvalue weighted by molar-refractivity contribution is 6.07. The first-order valence-electron chi connectivity index (χ1n) is 9.51. The van der Waals surface area contributed by atoms with Crippen molar-refractivity contribution in [3.63, 3.8) is 0 Å². The Kier molecular flexibility index (Phi) is 6.05. The number of rotatable bonds is 5. The number of hydrogen-bond acceptors (Lipinski definition) is 3. The van der Waals surface area contributed by atoms with Crippen LogP contribution in [0, 0.1) is 0 Å². The lowest BCUT2D eigenvalue weighted by molar-refractivity contribution is -0.285. The average Bonchev–Trinajstić information content (AvgIpc) is 2.96. The molecule has 1 heterocycles. The number of aliphatic hydroxyl groups excluding tert-OH is 1. The van der Waals surface area contributed by atoms with Gasteiger partial charge in [0.05, 0.1) is 18.7 Å². The fraction of sp³-hybridized carbons (Fsp3) is 0.500. The Labute approximate surface area is 169 Å². The number of carbonyl (C=O) groups is 2. The summed E-state index contributed by atoms with van der Waals surface area (Å²) in [5.74, 6) is -8.15. The molecule has 164 valence electrons. The highest BCUT2D eigenvalue weighted by Gasteiger charge is 2.59. The molecule has 0 unspecified atom stereocenters. The van der Waals surface area contributed by atoms with Gasteiger partial charge in [0.2, 0.25) is 0 Å². The summed E-state index contributed by atoms with van der Waals surface area (Å²) in [6, 6.07) is 9.64. The fourth-order valence-electron chi connectivity index (χ4n) is 3.82. The van der Waals surface area contributed by atoms with E-state index in [0.29, 0.717) is 18.8 Å². The van der Waals surface area contributed by atoms with Crippen LogP contribution in [0.1, 0.15) is 37.2 Å². The Balaban J connectivity index is 1.56. The maximum absolute atomic E-state index is 13.2. The van der Waals surface area contributed by atoms with Crippen molar-refractivity contribution in [3.05, 3.63) is 47.2 Å². The van der Waals surface area contributed by atoms with Gasteiger partial charge >= 0.3 is 12.1 Å². The Morgan fingerprint density at radius 3 is 2.23 bits per heavy atom. The summed E-state index contributed by atoms with van der Waals surface area (Å²) in [7, 11) is 0. The molecule has 1 aliphatic heterocycles. The number of amides is 2. The van der Waals surface area contributed by atoms with Crippen molar-refractivity contribution in [2.24, 2.45) is 0 Å². The molecule has 3 rings (SSSR count). The highest BCUT2D eigenvalue weighted by atomic mass is 19.4. The largest absolute Gasteiger partial charge is 0.503 e. The number of hydrogen-bond donors (Lipinski definition) is 2. The zero-order valence-electron chi connectivity index (χ0n) is 15.9. The van der Waals surface area contributed by atoms with Crippen LogP contribution in [0.5, 0.6) is 0 Å². The van der Waals surface area contributed by atoms with Crippen LogP contribution < -0.4 is 5.32 Å². The molecular formula is C20H21F5N2O3. The molecule has 2 amide bonds. The number of carbonyl (C=O) groups excluding carboxylic acids is 2. The third-order valence-electron chi connectivity index (χ3n) is 5.54. The van der Waals surface area contributed by atoms with Gasteiger partial charge < -0.3 is 15.3 Å². The molecule has 1 fully saturated rings. The van der Waals surface area contributed by atoms with Crippen LogP contribution in [-0.2, 0) is 9.59 Å². The number of nitrogens with zero attached hydrogens (tertiary/aromatic N) is 1. The topological polar surface area (TPSA) is 69.6 Å². The molecule has 5 nitrogen and oxygen atoms in total. The minimum Gasteiger partial charge on any atom is -0.503 e. The second-order valence-corrected chi connectivity index (χ2v) is 7.62. The Morgan fingerprint density at radius 1 is 1.07 bits per heavy atom. The van der Waals surface area contributed by atoms with E-state index in [1.807, 2.05) is 30.3 Å². The van der Waals surface area contributed by atoms with E-state index in [-0.39, 0.29) is 10.9 Å². The first kappa shape index (κ1) is 22.0. The van der Waals surface area contributed by atoms with Gasteiger partial charge in [-0.15, -0.1) is 0 Å². The van der Waals surface area contributed by atoms with Crippen LogP contribution in [0.25, 0.3) is 0 Å². The van der Waals surface area contributed by atoms with E-state index in [2.05, 4.69) is 5.32 Å². The predicted molar refractivity (Wildman–Crippen MR) is 96.8 cm³/mol. The summed E-state index contributed by atoms with van der Waals surface area (Å²) in [6.07, 6.45) is -2.94. The normalized spacial score (nSPS) is 23.1.